The van der Waals surface area contributed by atoms with Gasteiger partial charge in [0.05, 0.1) is 11.7 Å². The van der Waals surface area contributed by atoms with Crippen molar-refractivity contribution >= 4 is 11.6 Å². The lowest BCUT2D eigenvalue weighted by molar-refractivity contribution is 0.686. The van der Waals surface area contributed by atoms with Crippen LogP contribution in [0.5, 0.6) is 0 Å². The van der Waals surface area contributed by atoms with Gasteiger partial charge >= 0.3 is 0 Å². The first-order chi connectivity index (χ1) is 12.7. The third kappa shape index (κ3) is 4.42. The van der Waals surface area contributed by atoms with Crippen molar-refractivity contribution in [1.29, 1.82) is 0 Å². The highest BCUT2D eigenvalue weighted by atomic mass is 15.2. The predicted octanol–water partition coefficient (Wildman–Crippen LogP) is 3.50. The van der Waals surface area contributed by atoms with Crippen LogP contribution in [-0.2, 0) is 6.42 Å². The zero-order valence-corrected chi connectivity index (χ0v) is 15.7. The number of fused-ring (bicyclic) bond motifs is 1. The Labute approximate surface area is 155 Å². The van der Waals surface area contributed by atoms with Gasteiger partial charge in [0.15, 0.2) is 5.96 Å². The molecule has 0 radical (unpaired) electrons. The Morgan fingerprint density at radius 2 is 2.00 bits per heavy atom. The lowest BCUT2D eigenvalue weighted by Crippen LogP contribution is -2.38. The summed E-state index contributed by atoms with van der Waals surface area (Å²) >= 11 is 0. The number of aromatic nitrogens is 2. The van der Waals surface area contributed by atoms with E-state index in [4.69, 9.17) is 9.98 Å². The summed E-state index contributed by atoms with van der Waals surface area (Å²) in [6, 6.07) is 14.7. The molecule has 1 unspecified atom stereocenters. The van der Waals surface area contributed by atoms with Gasteiger partial charge in [0.1, 0.15) is 5.65 Å². The number of hydrogen-bond acceptors (Lipinski definition) is 2. The molecule has 5 heteroatoms. The SMILES string of the molecule is CCNC(=NCCc1cn2cccc(C)c2n1)NC(C)c1ccccc1. The summed E-state index contributed by atoms with van der Waals surface area (Å²) in [5.74, 6) is 0.837. The molecule has 26 heavy (non-hydrogen) atoms. The van der Waals surface area contributed by atoms with Crippen LogP contribution < -0.4 is 10.6 Å². The number of hydrogen-bond donors (Lipinski definition) is 2. The molecule has 0 saturated heterocycles. The Morgan fingerprint density at radius 3 is 2.73 bits per heavy atom. The molecule has 0 fully saturated rings. The Hall–Kier alpha value is -2.82. The topological polar surface area (TPSA) is 53.7 Å². The molecule has 2 aromatic heterocycles. The second-order valence-corrected chi connectivity index (χ2v) is 6.44. The highest BCUT2D eigenvalue weighted by molar-refractivity contribution is 5.80. The molecule has 1 aromatic carbocycles. The standard InChI is InChI=1S/C21H27N5/c1-4-22-21(24-17(3)18-10-6-5-7-11-18)23-13-12-19-15-26-14-8-9-16(2)20(26)25-19/h5-11,14-15,17H,4,12-13H2,1-3H3,(H2,22,23,24). The maximum absolute atomic E-state index is 4.72. The number of aryl methyl sites for hydroxylation is 1. The monoisotopic (exact) mass is 349 g/mol. The van der Waals surface area contributed by atoms with E-state index in [1.165, 1.54) is 11.1 Å². The van der Waals surface area contributed by atoms with Gasteiger partial charge in [-0.3, -0.25) is 4.99 Å². The number of aliphatic imine (C=N–C) groups is 1. The highest BCUT2D eigenvalue weighted by Crippen LogP contribution is 2.12. The maximum Gasteiger partial charge on any atom is 0.191 e. The van der Waals surface area contributed by atoms with Crippen LogP contribution in [0.1, 0.15) is 36.7 Å². The number of nitrogens with one attached hydrogen (secondary N) is 2. The van der Waals surface area contributed by atoms with E-state index in [0.29, 0.717) is 6.54 Å². The van der Waals surface area contributed by atoms with Crippen molar-refractivity contribution < 1.29 is 0 Å². The smallest absolute Gasteiger partial charge is 0.191 e. The van der Waals surface area contributed by atoms with E-state index in [-0.39, 0.29) is 6.04 Å². The van der Waals surface area contributed by atoms with E-state index in [1.54, 1.807) is 0 Å². The molecule has 5 nitrogen and oxygen atoms in total. The number of benzene rings is 1. The molecular weight excluding hydrogens is 322 g/mol. The molecule has 0 amide bonds. The molecule has 3 aromatic rings. The Kier molecular flexibility index (Phi) is 5.89. The van der Waals surface area contributed by atoms with E-state index in [9.17, 15) is 0 Å². The summed E-state index contributed by atoms with van der Waals surface area (Å²) in [6.45, 7) is 7.84. The Balaban J connectivity index is 1.64. The lowest BCUT2D eigenvalue weighted by Gasteiger charge is -2.18. The predicted molar refractivity (Wildman–Crippen MR) is 108 cm³/mol. The van der Waals surface area contributed by atoms with E-state index in [2.05, 4.69) is 72.3 Å². The van der Waals surface area contributed by atoms with Gasteiger partial charge in [-0.1, -0.05) is 36.4 Å². The van der Waals surface area contributed by atoms with Gasteiger partial charge < -0.3 is 15.0 Å². The molecule has 0 bridgehead atoms. The van der Waals surface area contributed by atoms with Crippen molar-refractivity contribution in [2.75, 3.05) is 13.1 Å². The van der Waals surface area contributed by atoms with E-state index in [1.807, 2.05) is 18.3 Å². The van der Waals surface area contributed by atoms with Crippen LogP contribution in [-0.4, -0.2) is 28.4 Å². The van der Waals surface area contributed by atoms with Gasteiger partial charge in [0, 0.05) is 31.9 Å². The van der Waals surface area contributed by atoms with Crippen LogP contribution in [0.15, 0.2) is 59.9 Å². The fourth-order valence-corrected chi connectivity index (χ4v) is 2.96. The molecule has 1 atom stereocenters. The van der Waals surface area contributed by atoms with Crippen molar-refractivity contribution in [3.8, 4) is 0 Å². The van der Waals surface area contributed by atoms with Crippen LogP contribution >= 0.6 is 0 Å². The quantitative estimate of drug-likeness (QED) is 0.529. The van der Waals surface area contributed by atoms with Crippen LogP contribution in [0.2, 0.25) is 0 Å². The van der Waals surface area contributed by atoms with Gasteiger partial charge in [-0.05, 0) is 38.0 Å². The summed E-state index contributed by atoms with van der Waals surface area (Å²) in [5.41, 5.74) is 4.52. The molecule has 136 valence electrons. The molecular formula is C21H27N5. The summed E-state index contributed by atoms with van der Waals surface area (Å²) in [5, 5.41) is 6.79. The molecule has 0 spiro atoms. The van der Waals surface area contributed by atoms with Crippen LogP contribution in [0, 0.1) is 6.92 Å². The number of imidazole rings is 1. The normalized spacial score (nSPS) is 13.0. The average molecular weight is 349 g/mol. The third-order valence-electron chi connectivity index (χ3n) is 4.36. The van der Waals surface area contributed by atoms with Gasteiger partial charge in [-0.2, -0.15) is 0 Å². The molecule has 0 aliphatic rings. The third-order valence-corrected chi connectivity index (χ3v) is 4.36. The molecule has 0 aliphatic carbocycles. The zero-order chi connectivity index (χ0) is 18.4. The minimum Gasteiger partial charge on any atom is -0.357 e. The largest absolute Gasteiger partial charge is 0.357 e. The summed E-state index contributed by atoms with van der Waals surface area (Å²) in [4.78, 5) is 9.43. The Morgan fingerprint density at radius 1 is 1.19 bits per heavy atom. The maximum atomic E-state index is 4.72. The summed E-state index contributed by atoms with van der Waals surface area (Å²) < 4.78 is 2.08. The number of guanidine groups is 1. The second kappa shape index (κ2) is 8.52. The van der Waals surface area contributed by atoms with Crippen molar-refractivity contribution in [1.82, 2.24) is 20.0 Å². The van der Waals surface area contributed by atoms with E-state index >= 15 is 0 Å². The van der Waals surface area contributed by atoms with Crippen LogP contribution in [0.3, 0.4) is 0 Å². The molecule has 2 heterocycles. The summed E-state index contributed by atoms with van der Waals surface area (Å²) in [6.07, 6.45) is 4.94. The number of rotatable bonds is 6. The molecule has 0 saturated carbocycles. The molecule has 0 aliphatic heterocycles. The minimum atomic E-state index is 0.201. The molecule has 2 N–H and O–H groups in total. The van der Waals surface area contributed by atoms with Gasteiger partial charge in [0.25, 0.3) is 0 Å². The van der Waals surface area contributed by atoms with E-state index < -0.39 is 0 Å². The number of pyridine rings is 1. The first-order valence-corrected chi connectivity index (χ1v) is 9.20. The van der Waals surface area contributed by atoms with Crippen molar-refractivity contribution in [3.63, 3.8) is 0 Å². The fourth-order valence-electron chi connectivity index (χ4n) is 2.96. The van der Waals surface area contributed by atoms with Gasteiger partial charge in [-0.15, -0.1) is 0 Å². The lowest BCUT2D eigenvalue weighted by atomic mass is 10.1. The summed E-state index contributed by atoms with van der Waals surface area (Å²) in [7, 11) is 0. The van der Waals surface area contributed by atoms with Crippen LogP contribution in [0.4, 0.5) is 0 Å². The van der Waals surface area contributed by atoms with Crippen molar-refractivity contribution in [2.45, 2.75) is 33.2 Å². The average Bonchev–Trinajstić information content (AvgIpc) is 3.07. The molecule has 3 rings (SSSR count). The first kappa shape index (κ1) is 18.0. The van der Waals surface area contributed by atoms with Crippen molar-refractivity contribution in [3.05, 3.63) is 71.7 Å². The van der Waals surface area contributed by atoms with E-state index in [0.717, 1.165) is 30.3 Å². The van der Waals surface area contributed by atoms with Crippen LogP contribution in [0.25, 0.3) is 5.65 Å². The van der Waals surface area contributed by atoms with Crippen molar-refractivity contribution in [2.24, 2.45) is 4.99 Å². The fraction of sp³-hybridized carbons (Fsp3) is 0.333. The van der Waals surface area contributed by atoms with Gasteiger partial charge in [-0.25, -0.2) is 4.98 Å². The minimum absolute atomic E-state index is 0.201. The van der Waals surface area contributed by atoms with Gasteiger partial charge in [0.2, 0.25) is 0 Å². The Bertz CT molecular complexity index is 866. The zero-order valence-electron chi connectivity index (χ0n) is 15.7. The second-order valence-electron chi connectivity index (χ2n) is 6.44. The first-order valence-electron chi connectivity index (χ1n) is 9.20. The highest BCUT2D eigenvalue weighted by Gasteiger charge is 2.07. The number of nitrogens with zero attached hydrogens (tertiary/aromatic N) is 3.